The molecule has 0 amide bonds. The van der Waals surface area contributed by atoms with E-state index in [2.05, 4.69) is 4.98 Å². The lowest BCUT2D eigenvalue weighted by atomic mass is 10.1. The number of ether oxygens (including phenoxy) is 1. The molecular weight excluding hydrogens is 282 g/mol. The highest BCUT2D eigenvalue weighted by atomic mass is 16.5. The standard InChI is InChI=1S/C17H13NO4/c1-21-14-7-3-4-11(9-14)15-10-18-16(22-15)12-5-2-6-13(8-12)17(19)20/h2-10H,1H3,(H,19,20). The fourth-order valence-electron chi connectivity index (χ4n) is 2.10. The van der Waals surface area contributed by atoms with Crippen molar-refractivity contribution in [1.82, 2.24) is 4.98 Å². The van der Waals surface area contributed by atoms with Crippen molar-refractivity contribution >= 4 is 5.97 Å². The topological polar surface area (TPSA) is 72.6 Å². The Balaban J connectivity index is 1.96. The van der Waals surface area contributed by atoms with Crippen molar-refractivity contribution in [3.8, 4) is 28.5 Å². The van der Waals surface area contributed by atoms with E-state index < -0.39 is 5.97 Å². The van der Waals surface area contributed by atoms with Gasteiger partial charge in [-0.25, -0.2) is 9.78 Å². The van der Waals surface area contributed by atoms with Gasteiger partial charge in [-0.05, 0) is 30.3 Å². The third kappa shape index (κ3) is 2.69. The van der Waals surface area contributed by atoms with Crippen LogP contribution in [0.15, 0.2) is 59.1 Å². The molecule has 0 aliphatic carbocycles. The van der Waals surface area contributed by atoms with Crippen LogP contribution < -0.4 is 4.74 Å². The van der Waals surface area contributed by atoms with Crippen LogP contribution in [0.5, 0.6) is 5.75 Å². The number of hydrogen-bond donors (Lipinski definition) is 1. The van der Waals surface area contributed by atoms with E-state index in [0.717, 1.165) is 11.3 Å². The van der Waals surface area contributed by atoms with Gasteiger partial charge in [0.15, 0.2) is 5.76 Å². The van der Waals surface area contributed by atoms with Gasteiger partial charge in [0.25, 0.3) is 0 Å². The molecule has 1 N–H and O–H groups in total. The smallest absolute Gasteiger partial charge is 0.335 e. The number of hydrogen-bond acceptors (Lipinski definition) is 4. The molecule has 3 aromatic rings. The van der Waals surface area contributed by atoms with Crippen molar-refractivity contribution in [2.24, 2.45) is 0 Å². The SMILES string of the molecule is COc1cccc(-c2cnc(-c3cccc(C(=O)O)c3)o2)c1. The molecule has 1 heterocycles. The molecule has 0 saturated carbocycles. The Morgan fingerprint density at radius 2 is 1.91 bits per heavy atom. The third-order valence-corrected chi connectivity index (χ3v) is 3.22. The summed E-state index contributed by atoms with van der Waals surface area (Å²) in [5, 5.41) is 9.03. The first-order valence-electron chi connectivity index (χ1n) is 6.61. The van der Waals surface area contributed by atoms with Gasteiger partial charge >= 0.3 is 5.97 Å². The molecule has 3 rings (SSSR count). The van der Waals surface area contributed by atoms with Gasteiger partial charge in [-0.1, -0.05) is 18.2 Å². The van der Waals surface area contributed by atoms with Crippen molar-refractivity contribution in [3.05, 3.63) is 60.3 Å². The van der Waals surface area contributed by atoms with Gasteiger partial charge in [-0.15, -0.1) is 0 Å². The first kappa shape index (κ1) is 13.9. The second-order valence-electron chi connectivity index (χ2n) is 4.65. The predicted molar refractivity (Wildman–Crippen MR) is 80.9 cm³/mol. The Morgan fingerprint density at radius 1 is 1.14 bits per heavy atom. The molecule has 0 aliphatic heterocycles. The summed E-state index contributed by atoms with van der Waals surface area (Å²) in [6.45, 7) is 0. The summed E-state index contributed by atoms with van der Waals surface area (Å²) in [6, 6.07) is 13.9. The first-order valence-corrected chi connectivity index (χ1v) is 6.61. The highest BCUT2D eigenvalue weighted by Gasteiger charge is 2.11. The molecule has 0 spiro atoms. The van der Waals surface area contributed by atoms with Crippen molar-refractivity contribution in [3.63, 3.8) is 0 Å². The lowest BCUT2D eigenvalue weighted by Crippen LogP contribution is -1.95. The molecular formula is C17H13NO4. The van der Waals surface area contributed by atoms with Gasteiger partial charge in [0, 0.05) is 11.1 Å². The monoisotopic (exact) mass is 295 g/mol. The van der Waals surface area contributed by atoms with E-state index in [-0.39, 0.29) is 5.56 Å². The average molecular weight is 295 g/mol. The van der Waals surface area contributed by atoms with Crippen LogP contribution in [-0.2, 0) is 0 Å². The molecule has 0 bridgehead atoms. The molecule has 0 radical (unpaired) electrons. The van der Waals surface area contributed by atoms with Gasteiger partial charge in [-0.3, -0.25) is 0 Å². The molecule has 110 valence electrons. The fraction of sp³-hybridized carbons (Fsp3) is 0.0588. The summed E-state index contributed by atoms with van der Waals surface area (Å²) >= 11 is 0. The average Bonchev–Trinajstić information content (AvgIpc) is 3.05. The summed E-state index contributed by atoms with van der Waals surface area (Å²) in [5.74, 6) is 0.709. The second-order valence-corrected chi connectivity index (χ2v) is 4.65. The van der Waals surface area contributed by atoms with Crippen LogP contribution in [0.2, 0.25) is 0 Å². The zero-order chi connectivity index (χ0) is 15.5. The molecule has 22 heavy (non-hydrogen) atoms. The van der Waals surface area contributed by atoms with Crippen LogP contribution in [0, 0.1) is 0 Å². The molecule has 0 unspecified atom stereocenters. The molecule has 1 aromatic heterocycles. The van der Waals surface area contributed by atoms with Crippen molar-refractivity contribution in [2.45, 2.75) is 0 Å². The predicted octanol–water partition coefficient (Wildman–Crippen LogP) is 3.72. The maximum atomic E-state index is 11.0. The van der Waals surface area contributed by atoms with E-state index in [4.69, 9.17) is 14.3 Å². The van der Waals surface area contributed by atoms with Gasteiger partial charge in [0.05, 0.1) is 18.9 Å². The summed E-state index contributed by atoms with van der Waals surface area (Å²) in [5.41, 5.74) is 1.65. The Labute approximate surface area is 126 Å². The van der Waals surface area contributed by atoms with Crippen LogP contribution in [-0.4, -0.2) is 23.2 Å². The summed E-state index contributed by atoms with van der Waals surface area (Å²) < 4.78 is 10.9. The Kier molecular flexibility index (Phi) is 3.62. The number of methoxy groups -OCH3 is 1. The van der Waals surface area contributed by atoms with Crippen LogP contribution in [0.3, 0.4) is 0 Å². The molecule has 0 fully saturated rings. The fourth-order valence-corrected chi connectivity index (χ4v) is 2.10. The van der Waals surface area contributed by atoms with Crippen LogP contribution in [0.4, 0.5) is 0 Å². The molecule has 5 nitrogen and oxygen atoms in total. The summed E-state index contributed by atoms with van der Waals surface area (Å²) in [7, 11) is 1.60. The van der Waals surface area contributed by atoms with Crippen LogP contribution in [0.1, 0.15) is 10.4 Å². The van der Waals surface area contributed by atoms with Gasteiger partial charge in [-0.2, -0.15) is 0 Å². The quantitative estimate of drug-likeness (QED) is 0.794. The van der Waals surface area contributed by atoms with E-state index in [1.165, 1.54) is 12.1 Å². The zero-order valence-electron chi connectivity index (χ0n) is 11.8. The zero-order valence-corrected chi connectivity index (χ0v) is 11.8. The third-order valence-electron chi connectivity index (χ3n) is 3.22. The van der Waals surface area contributed by atoms with Crippen LogP contribution in [0.25, 0.3) is 22.8 Å². The number of carboxylic acids is 1. The number of carboxylic acid groups (broad SMARTS) is 1. The van der Waals surface area contributed by atoms with Crippen molar-refractivity contribution < 1.29 is 19.1 Å². The van der Waals surface area contributed by atoms with Crippen LogP contribution >= 0.6 is 0 Å². The number of oxazole rings is 1. The minimum Gasteiger partial charge on any atom is -0.497 e. The first-order chi connectivity index (χ1) is 10.7. The summed E-state index contributed by atoms with van der Waals surface area (Å²) in [6.07, 6.45) is 1.61. The molecule has 0 atom stereocenters. The lowest BCUT2D eigenvalue weighted by Gasteiger charge is -2.01. The van der Waals surface area contributed by atoms with E-state index in [1.807, 2.05) is 24.3 Å². The number of carbonyl (C=O) groups is 1. The maximum absolute atomic E-state index is 11.0. The molecule has 0 aliphatic rings. The molecule has 2 aromatic carbocycles. The minimum atomic E-state index is -0.985. The number of benzene rings is 2. The number of nitrogens with zero attached hydrogens (tertiary/aromatic N) is 1. The highest BCUT2D eigenvalue weighted by molar-refractivity contribution is 5.89. The van der Waals surface area contributed by atoms with E-state index >= 15 is 0 Å². The van der Waals surface area contributed by atoms with Gasteiger partial charge < -0.3 is 14.3 Å². The molecule has 5 heteroatoms. The van der Waals surface area contributed by atoms with Gasteiger partial charge in [0.2, 0.25) is 5.89 Å². The van der Waals surface area contributed by atoms with E-state index in [9.17, 15) is 4.79 Å². The number of rotatable bonds is 4. The Morgan fingerprint density at radius 3 is 2.68 bits per heavy atom. The lowest BCUT2D eigenvalue weighted by molar-refractivity contribution is 0.0697. The van der Waals surface area contributed by atoms with E-state index in [0.29, 0.717) is 17.2 Å². The van der Waals surface area contributed by atoms with Crippen molar-refractivity contribution in [1.29, 1.82) is 0 Å². The van der Waals surface area contributed by atoms with E-state index in [1.54, 1.807) is 25.4 Å². The highest BCUT2D eigenvalue weighted by Crippen LogP contribution is 2.28. The number of aromatic carboxylic acids is 1. The maximum Gasteiger partial charge on any atom is 0.335 e. The minimum absolute atomic E-state index is 0.193. The number of aromatic nitrogens is 1. The largest absolute Gasteiger partial charge is 0.497 e. The Hall–Kier alpha value is -3.08. The normalized spacial score (nSPS) is 10.4. The van der Waals surface area contributed by atoms with Crippen molar-refractivity contribution in [2.75, 3.05) is 7.11 Å². The van der Waals surface area contributed by atoms with Gasteiger partial charge in [0.1, 0.15) is 5.75 Å². The summed E-state index contributed by atoms with van der Waals surface area (Å²) in [4.78, 5) is 15.2. The molecule has 0 saturated heterocycles. The Bertz CT molecular complexity index is 823. The second kappa shape index (κ2) is 5.73.